The van der Waals surface area contributed by atoms with Gasteiger partial charge in [-0.15, -0.1) is 5.10 Å². The molecule has 1 aromatic carbocycles. The van der Waals surface area contributed by atoms with Crippen LogP contribution in [0.4, 0.5) is 17.5 Å². The Hall–Kier alpha value is -1.73. The second-order valence-electron chi connectivity index (χ2n) is 5.03. The summed E-state index contributed by atoms with van der Waals surface area (Å²) in [6, 6.07) is 7.87. The van der Waals surface area contributed by atoms with Crippen LogP contribution in [-0.4, -0.2) is 53.3 Å². The lowest BCUT2D eigenvalue weighted by Gasteiger charge is -2.32. The van der Waals surface area contributed by atoms with Crippen molar-refractivity contribution in [3.63, 3.8) is 0 Å². The van der Waals surface area contributed by atoms with Crippen LogP contribution in [0.15, 0.2) is 34.9 Å². The molecule has 2 heterocycles. The quantitative estimate of drug-likeness (QED) is 0.916. The summed E-state index contributed by atoms with van der Waals surface area (Å²) in [6.45, 7) is 4.00. The molecule has 0 spiro atoms. The largest absolute Gasteiger partial charge is 0.353 e. The molecule has 0 unspecified atom stereocenters. The molecular formula is C14H17BrN6. The molecule has 0 bridgehead atoms. The third kappa shape index (κ3) is 3.48. The standard InChI is InChI=1S/C14H17BrN6/c1-20-6-8-21(9-7-20)13-10-16-19-14(18-13)17-12-5-3-2-4-11(12)15/h2-5,10H,6-9H2,1H3,(H,17,18,19). The Kier molecular flexibility index (Phi) is 4.31. The lowest BCUT2D eigenvalue weighted by Crippen LogP contribution is -2.44. The van der Waals surface area contributed by atoms with Crippen LogP contribution in [0.3, 0.4) is 0 Å². The Balaban J connectivity index is 1.76. The second kappa shape index (κ2) is 6.36. The van der Waals surface area contributed by atoms with Crippen molar-refractivity contribution in [2.75, 3.05) is 43.4 Å². The lowest BCUT2D eigenvalue weighted by atomic mass is 10.3. The van der Waals surface area contributed by atoms with E-state index in [-0.39, 0.29) is 0 Å². The topological polar surface area (TPSA) is 57.2 Å². The SMILES string of the molecule is CN1CCN(c2cnnc(Nc3ccccc3Br)n2)CC1. The Morgan fingerprint density at radius 1 is 1.14 bits per heavy atom. The van der Waals surface area contributed by atoms with Crippen molar-refractivity contribution >= 4 is 33.4 Å². The highest BCUT2D eigenvalue weighted by atomic mass is 79.9. The molecule has 1 N–H and O–H groups in total. The fourth-order valence-electron chi connectivity index (χ4n) is 2.22. The number of benzene rings is 1. The molecule has 0 radical (unpaired) electrons. The van der Waals surface area contributed by atoms with Gasteiger partial charge in [-0.05, 0) is 35.1 Å². The van der Waals surface area contributed by atoms with Gasteiger partial charge in [-0.3, -0.25) is 0 Å². The maximum absolute atomic E-state index is 4.56. The molecule has 0 atom stereocenters. The number of hydrogen-bond donors (Lipinski definition) is 1. The fraction of sp³-hybridized carbons (Fsp3) is 0.357. The minimum Gasteiger partial charge on any atom is -0.353 e. The van der Waals surface area contributed by atoms with Crippen molar-refractivity contribution < 1.29 is 0 Å². The van der Waals surface area contributed by atoms with Gasteiger partial charge >= 0.3 is 0 Å². The van der Waals surface area contributed by atoms with Crippen LogP contribution in [0, 0.1) is 0 Å². The summed E-state index contributed by atoms with van der Waals surface area (Å²) in [7, 11) is 2.13. The molecule has 0 saturated carbocycles. The van der Waals surface area contributed by atoms with Crippen LogP contribution in [0.2, 0.25) is 0 Å². The summed E-state index contributed by atoms with van der Waals surface area (Å²) >= 11 is 3.50. The van der Waals surface area contributed by atoms with Crippen molar-refractivity contribution in [3.8, 4) is 0 Å². The first kappa shape index (κ1) is 14.2. The van der Waals surface area contributed by atoms with E-state index < -0.39 is 0 Å². The van der Waals surface area contributed by atoms with Gasteiger partial charge in [0.25, 0.3) is 0 Å². The van der Waals surface area contributed by atoms with E-state index in [1.807, 2.05) is 24.3 Å². The van der Waals surface area contributed by atoms with E-state index in [0.29, 0.717) is 5.95 Å². The van der Waals surface area contributed by atoms with Gasteiger partial charge in [0.1, 0.15) is 0 Å². The fourth-order valence-corrected chi connectivity index (χ4v) is 2.60. The molecule has 1 aliphatic heterocycles. The number of nitrogens with zero attached hydrogens (tertiary/aromatic N) is 5. The van der Waals surface area contributed by atoms with E-state index in [4.69, 9.17) is 0 Å². The lowest BCUT2D eigenvalue weighted by molar-refractivity contribution is 0.312. The van der Waals surface area contributed by atoms with Crippen molar-refractivity contribution in [3.05, 3.63) is 34.9 Å². The summed E-state index contributed by atoms with van der Waals surface area (Å²) in [5, 5.41) is 11.3. The van der Waals surface area contributed by atoms with Crippen LogP contribution in [0.25, 0.3) is 0 Å². The van der Waals surface area contributed by atoms with Gasteiger partial charge in [-0.25, -0.2) is 0 Å². The summed E-state index contributed by atoms with van der Waals surface area (Å²) in [5.74, 6) is 1.38. The highest BCUT2D eigenvalue weighted by molar-refractivity contribution is 9.10. The maximum atomic E-state index is 4.56. The minimum absolute atomic E-state index is 0.512. The zero-order valence-electron chi connectivity index (χ0n) is 11.8. The third-order valence-corrected chi connectivity index (χ3v) is 4.19. The number of anilines is 3. The molecule has 110 valence electrons. The van der Waals surface area contributed by atoms with Gasteiger partial charge in [0, 0.05) is 30.7 Å². The third-order valence-electron chi connectivity index (χ3n) is 3.49. The molecule has 21 heavy (non-hydrogen) atoms. The predicted molar refractivity (Wildman–Crippen MR) is 87.0 cm³/mol. The monoisotopic (exact) mass is 348 g/mol. The normalized spacial score (nSPS) is 16.0. The van der Waals surface area contributed by atoms with Gasteiger partial charge < -0.3 is 15.1 Å². The van der Waals surface area contributed by atoms with Crippen LogP contribution in [-0.2, 0) is 0 Å². The van der Waals surface area contributed by atoms with Gasteiger partial charge in [-0.2, -0.15) is 10.1 Å². The molecule has 1 fully saturated rings. The minimum atomic E-state index is 0.512. The molecule has 1 aromatic heterocycles. The number of hydrogen-bond acceptors (Lipinski definition) is 6. The Morgan fingerprint density at radius 2 is 1.90 bits per heavy atom. The summed E-state index contributed by atoms with van der Waals surface area (Å²) in [6.07, 6.45) is 1.72. The first-order valence-corrected chi connectivity index (χ1v) is 7.66. The number of rotatable bonds is 3. The van der Waals surface area contributed by atoms with E-state index >= 15 is 0 Å². The zero-order valence-corrected chi connectivity index (χ0v) is 13.4. The molecule has 3 rings (SSSR count). The molecule has 1 aliphatic rings. The Morgan fingerprint density at radius 3 is 2.67 bits per heavy atom. The molecule has 6 nitrogen and oxygen atoms in total. The van der Waals surface area contributed by atoms with Crippen LogP contribution < -0.4 is 10.2 Å². The number of aromatic nitrogens is 3. The first-order chi connectivity index (χ1) is 10.2. The van der Waals surface area contributed by atoms with E-state index in [0.717, 1.165) is 42.2 Å². The number of piperazine rings is 1. The molecule has 7 heteroatoms. The van der Waals surface area contributed by atoms with Crippen LogP contribution >= 0.6 is 15.9 Å². The van der Waals surface area contributed by atoms with Gasteiger partial charge in [0.15, 0.2) is 5.82 Å². The van der Waals surface area contributed by atoms with E-state index in [9.17, 15) is 0 Å². The maximum Gasteiger partial charge on any atom is 0.249 e. The molecule has 2 aromatic rings. The van der Waals surface area contributed by atoms with Crippen molar-refractivity contribution in [1.29, 1.82) is 0 Å². The summed E-state index contributed by atoms with van der Waals surface area (Å²) in [4.78, 5) is 9.11. The van der Waals surface area contributed by atoms with E-state index in [2.05, 4.69) is 53.3 Å². The molecule has 1 saturated heterocycles. The predicted octanol–water partition coefficient (Wildman–Crippen LogP) is 2.13. The average molecular weight is 349 g/mol. The molecule has 0 amide bonds. The highest BCUT2D eigenvalue weighted by Gasteiger charge is 2.16. The van der Waals surface area contributed by atoms with E-state index in [1.165, 1.54) is 0 Å². The van der Waals surface area contributed by atoms with Crippen LogP contribution in [0.5, 0.6) is 0 Å². The van der Waals surface area contributed by atoms with Gasteiger partial charge in [-0.1, -0.05) is 12.1 Å². The first-order valence-electron chi connectivity index (χ1n) is 6.87. The van der Waals surface area contributed by atoms with Gasteiger partial charge in [0.05, 0.1) is 11.9 Å². The molecular weight excluding hydrogens is 332 g/mol. The number of nitrogens with one attached hydrogen (secondary N) is 1. The van der Waals surface area contributed by atoms with Gasteiger partial charge in [0.2, 0.25) is 5.95 Å². The van der Waals surface area contributed by atoms with Crippen LogP contribution in [0.1, 0.15) is 0 Å². The van der Waals surface area contributed by atoms with E-state index in [1.54, 1.807) is 6.20 Å². The Labute approximate surface area is 132 Å². The Bertz CT molecular complexity index is 612. The number of para-hydroxylation sites is 1. The second-order valence-corrected chi connectivity index (χ2v) is 5.89. The summed E-state index contributed by atoms with van der Waals surface area (Å²) in [5.41, 5.74) is 0.926. The van der Waals surface area contributed by atoms with Crippen molar-refractivity contribution in [1.82, 2.24) is 20.1 Å². The zero-order chi connectivity index (χ0) is 14.7. The van der Waals surface area contributed by atoms with Crippen molar-refractivity contribution in [2.45, 2.75) is 0 Å². The molecule has 0 aliphatic carbocycles. The highest BCUT2D eigenvalue weighted by Crippen LogP contribution is 2.24. The average Bonchev–Trinajstić information content (AvgIpc) is 2.51. The smallest absolute Gasteiger partial charge is 0.249 e. The number of halogens is 1. The summed E-state index contributed by atoms with van der Waals surface area (Å²) < 4.78 is 0.971. The van der Waals surface area contributed by atoms with Crippen molar-refractivity contribution in [2.24, 2.45) is 0 Å². The number of likely N-dealkylation sites (N-methyl/N-ethyl adjacent to an activating group) is 1.